The maximum atomic E-state index is 5.62. The highest BCUT2D eigenvalue weighted by molar-refractivity contribution is 6.30. The molecule has 2 heteroatoms. The minimum absolute atomic E-state index is 0.477. The normalized spacial score (nSPS) is 10.9. The molecule has 0 atom stereocenters. The molecule has 0 aromatic carbocycles. The Morgan fingerprint density at radius 2 is 1.71 bits per heavy atom. The maximum absolute atomic E-state index is 5.62. The van der Waals surface area contributed by atoms with Gasteiger partial charge in [-0.2, -0.15) is 0 Å². The quantitative estimate of drug-likeness (QED) is 0.341. The van der Waals surface area contributed by atoms with Gasteiger partial charge in [-0.1, -0.05) is 50.8 Å². The van der Waals surface area contributed by atoms with Crippen molar-refractivity contribution >= 4 is 18.3 Å². The second-order valence-corrected chi connectivity index (χ2v) is 4.30. The van der Waals surface area contributed by atoms with Crippen molar-refractivity contribution in [3.63, 3.8) is 0 Å². The summed E-state index contributed by atoms with van der Waals surface area (Å²) in [5, 5.41) is 0.477. The lowest BCUT2D eigenvalue weighted by molar-refractivity contribution is -0.448. The van der Waals surface area contributed by atoms with Gasteiger partial charge in [0.05, 0.1) is 0 Å². The summed E-state index contributed by atoms with van der Waals surface area (Å²) >= 11 is 5.62. The average Bonchev–Trinajstić information content (AvgIpc) is 2.29. The zero-order valence-electron chi connectivity index (χ0n) is 10.6. The van der Waals surface area contributed by atoms with Gasteiger partial charge in [0.15, 0.2) is 6.20 Å². The Kier molecular flexibility index (Phi) is 8.08. The Labute approximate surface area is 110 Å². The fourth-order valence-electron chi connectivity index (χ4n) is 1.04. The third-order valence-electron chi connectivity index (χ3n) is 2.16. The fraction of sp³-hybridized carbons (Fsp3) is 0.267. The molecule has 0 spiro atoms. The first kappa shape index (κ1) is 15.7. The van der Waals surface area contributed by atoms with Crippen LogP contribution in [-0.4, -0.2) is 17.8 Å². The number of rotatable bonds is 8. The lowest BCUT2D eigenvalue weighted by atomic mass is 10.1. The number of allylic oxidation sites excluding steroid dienone is 6. The SMILES string of the molecule is C=C(Cl)/C=C\C(=C)C(=C)/C=C\[N+](=C)CCCC. The van der Waals surface area contributed by atoms with E-state index in [4.69, 9.17) is 11.6 Å². The Morgan fingerprint density at radius 3 is 2.24 bits per heavy atom. The molecule has 0 radical (unpaired) electrons. The van der Waals surface area contributed by atoms with E-state index in [2.05, 4.69) is 33.4 Å². The molecule has 0 N–H and O–H groups in total. The molecule has 0 heterocycles. The van der Waals surface area contributed by atoms with E-state index in [1.165, 1.54) is 0 Å². The predicted molar refractivity (Wildman–Crippen MR) is 78.7 cm³/mol. The van der Waals surface area contributed by atoms with Crippen LogP contribution in [-0.2, 0) is 0 Å². The van der Waals surface area contributed by atoms with E-state index in [-0.39, 0.29) is 0 Å². The molecule has 1 nitrogen and oxygen atoms in total. The molecule has 0 rings (SSSR count). The van der Waals surface area contributed by atoms with Crippen LogP contribution in [0.4, 0.5) is 0 Å². The molecule has 0 aliphatic rings. The number of hydrogen-bond donors (Lipinski definition) is 0. The van der Waals surface area contributed by atoms with Crippen LogP contribution in [0.2, 0.25) is 0 Å². The summed E-state index contributed by atoms with van der Waals surface area (Å²) < 4.78 is 1.89. The van der Waals surface area contributed by atoms with Crippen molar-refractivity contribution in [1.82, 2.24) is 0 Å². The predicted octanol–water partition coefficient (Wildman–Crippen LogP) is 4.43. The summed E-state index contributed by atoms with van der Waals surface area (Å²) in [6.07, 6.45) is 9.59. The zero-order valence-corrected chi connectivity index (χ0v) is 11.3. The molecule has 0 aliphatic heterocycles. The minimum Gasteiger partial charge on any atom is -0.212 e. The van der Waals surface area contributed by atoms with Crippen LogP contribution in [0.3, 0.4) is 0 Å². The van der Waals surface area contributed by atoms with Gasteiger partial charge < -0.3 is 0 Å². The largest absolute Gasteiger partial charge is 0.212 e. The summed E-state index contributed by atoms with van der Waals surface area (Å²) in [6, 6.07) is 0. The molecule has 0 bridgehead atoms. The molecule has 0 amide bonds. The molecule has 0 saturated heterocycles. The second kappa shape index (κ2) is 8.77. The standard InChI is InChI=1S/C15H21ClN/c1-6-7-11-17(5)12-10-14(3)13(2)8-9-15(4)16/h8-10,12H,2-7,11H2,1H3/q+1/b9-8-,12-10-. The van der Waals surface area contributed by atoms with Crippen LogP contribution < -0.4 is 0 Å². The summed E-state index contributed by atoms with van der Waals surface area (Å²) in [6.45, 7) is 18.4. The van der Waals surface area contributed by atoms with E-state index in [0.29, 0.717) is 5.03 Å². The van der Waals surface area contributed by atoms with Gasteiger partial charge in [0.25, 0.3) is 0 Å². The van der Waals surface area contributed by atoms with Crippen LogP contribution in [0.5, 0.6) is 0 Å². The third kappa shape index (κ3) is 8.47. The molecular weight excluding hydrogens is 230 g/mol. The van der Waals surface area contributed by atoms with Crippen molar-refractivity contribution in [2.45, 2.75) is 19.8 Å². The first-order valence-corrected chi connectivity index (χ1v) is 6.01. The Bertz CT molecular complexity index is 372. The molecule has 0 saturated carbocycles. The highest BCUT2D eigenvalue weighted by Crippen LogP contribution is 2.10. The monoisotopic (exact) mass is 250 g/mol. The lowest BCUT2D eigenvalue weighted by Gasteiger charge is -1.98. The molecule has 17 heavy (non-hydrogen) atoms. The van der Waals surface area contributed by atoms with Gasteiger partial charge in [-0.3, -0.25) is 0 Å². The van der Waals surface area contributed by atoms with Gasteiger partial charge in [-0.15, -0.1) is 0 Å². The zero-order chi connectivity index (χ0) is 13.3. The Hall–Kier alpha value is -1.34. The van der Waals surface area contributed by atoms with Gasteiger partial charge in [0.2, 0.25) is 0 Å². The first-order valence-electron chi connectivity index (χ1n) is 5.63. The second-order valence-electron chi connectivity index (χ2n) is 3.81. The summed E-state index contributed by atoms with van der Waals surface area (Å²) in [7, 11) is 0. The van der Waals surface area contributed by atoms with Crippen molar-refractivity contribution in [3.05, 3.63) is 60.3 Å². The Balaban J connectivity index is 4.25. The van der Waals surface area contributed by atoms with Crippen molar-refractivity contribution in [1.29, 1.82) is 0 Å². The van der Waals surface area contributed by atoms with E-state index in [1.807, 2.05) is 16.9 Å². The highest BCUT2D eigenvalue weighted by atomic mass is 35.5. The van der Waals surface area contributed by atoms with E-state index < -0.39 is 0 Å². The van der Waals surface area contributed by atoms with Crippen molar-refractivity contribution in [2.24, 2.45) is 0 Å². The van der Waals surface area contributed by atoms with Gasteiger partial charge in [-0.25, -0.2) is 4.58 Å². The highest BCUT2D eigenvalue weighted by Gasteiger charge is 1.96. The molecule has 0 fully saturated rings. The molecular formula is C15H21ClN+. The fourth-order valence-corrected chi connectivity index (χ4v) is 1.10. The van der Waals surface area contributed by atoms with Crippen LogP contribution >= 0.6 is 11.6 Å². The van der Waals surface area contributed by atoms with E-state index in [1.54, 1.807) is 12.2 Å². The van der Waals surface area contributed by atoms with E-state index in [9.17, 15) is 0 Å². The summed E-state index contributed by atoms with van der Waals surface area (Å²) in [4.78, 5) is 0. The topological polar surface area (TPSA) is 3.01 Å². The number of nitrogens with zero attached hydrogens (tertiary/aromatic N) is 1. The number of halogens is 1. The van der Waals surface area contributed by atoms with E-state index in [0.717, 1.165) is 30.5 Å². The summed E-state index contributed by atoms with van der Waals surface area (Å²) in [5.74, 6) is 0. The maximum Gasteiger partial charge on any atom is 0.168 e. The van der Waals surface area contributed by atoms with Crippen molar-refractivity contribution in [3.8, 4) is 0 Å². The lowest BCUT2D eigenvalue weighted by Crippen LogP contribution is -2.02. The average molecular weight is 251 g/mol. The van der Waals surface area contributed by atoms with Gasteiger partial charge in [0, 0.05) is 17.5 Å². The van der Waals surface area contributed by atoms with Crippen LogP contribution in [0.25, 0.3) is 0 Å². The van der Waals surface area contributed by atoms with Crippen molar-refractivity contribution < 1.29 is 4.58 Å². The van der Waals surface area contributed by atoms with Crippen molar-refractivity contribution in [2.75, 3.05) is 6.54 Å². The first-order chi connectivity index (χ1) is 7.97. The third-order valence-corrected chi connectivity index (χ3v) is 2.29. The molecule has 0 unspecified atom stereocenters. The number of hydrogen-bond acceptors (Lipinski definition) is 0. The van der Waals surface area contributed by atoms with Gasteiger partial charge >= 0.3 is 0 Å². The molecule has 0 aromatic rings. The van der Waals surface area contributed by atoms with Gasteiger partial charge in [-0.05, 0) is 17.2 Å². The smallest absolute Gasteiger partial charge is 0.168 e. The number of unbranched alkanes of at least 4 members (excludes halogenated alkanes) is 1. The van der Waals surface area contributed by atoms with Crippen LogP contribution in [0, 0.1) is 0 Å². The van der Waals surface area contributed by atoms with Gasteiger partial charge in [0.1, 0.15) is 13.3 Å². The van der Waals surface area contributed by atoms with E-state index >= 15 is 0 Å². The van der Waals surface area contributed by atoms with Crippen LogP contribution in [0.15, 0.2) is 60.3 Å². The molecule has 92 valence electrons. The van der Waals surface area contributed by atoms with Crippen LogP contribution in [0.1, 0.15) is 19.8 Å². The summed E-state index contributed by atoms with van der Waals surface area (Å²) in [5.41, 5.74) is 1.65. The Morgan fingerprint density at radius 1 is 1.12 bits per heavy atom. The molecule has 0 aromatic heterocycles. The molecule has 0 aliphatic carbocycles. The minimum atomic E-state index is 0.477.